The molecule has 162 valence electrons. The lowest BCUT2D eigenvalue weighted by Crippen LogP contribution is -2.06. The fourth-order valence-corrected chi connectivity index (χ4v) is 3.97. The quantitative estimate of drug-likeness (QED) is 0.284. The van der Waals surface area contributed by atoms with E-state index in [2.05, 4.69) is 0 Å². The Morgan fingerprint density at radius 2 is 1.15 bits per heavy atom. The van der Waals surface area contributed by atoms with Crippen LogP contribution in [-0.2, 0) is 6.18 Å². The van der Waals surface area contributed by atoms with E-state index in [1.165, 1.54) is 0 Å². The second-order valence-electron chi connectivity index (χ2n) is 7.89. The van der Waals surface area contributed by atoms with Crippen molar-refractivity contribution in [2.45, 2.75) is 13.1 Å². The maximum atomic E-state index is 13.5. The van der Waals surface area contributed by atoms with Gasteiger partial charge in [0, 0.05) is 11.1 Å². The van der Waals surface area contributed by atoms with E-state index in [1.54, 1.807) is 6.92 Å². The zero-order valence-electron chi connectivity index (χ0n) is 17.8. The summed E-state index contributed by atoms with van der Waals surface area (Å²) >= 11 is 0. The Hall–Kier alpha value is -3.99. The number of alkyl halides is 3. The van der Waals surface area contributed by atoms with E-state index in [-0.39, 0.29) is 5.52 Å². The SMILES string of the molecule is Cc1cc(C(F)(F)F)cc2nc(-c3cccc(-c4ccccc4)c3)c(-c3ccccc3)nc12. The highest BCUT2D eigenvalue weighted by Crippen LogP contribution is 2.36. The van der Waals surface area contributed by atoms with Crippen molar-refractivity contribution in [2.75, 3.05) is 0 Å². The molecule has 2 nitrogen and oxygen atoms in total. The van der Waals surface area contributed by atoms with Crippen molar-refractivity contribution >= 4 is 11.0 Å². The van der Waals surface area contributed by atoms with E-state index in [0.29, 0.717) is 22.5 Å². The summed E-state index contributed by atoms with van der Waals surface area (Å²) in [5.41, 5.74) is 5.27. The van der Waals surface area contributed by atoms with Gasteiger partial charge in [-0.15, -0.1) is 0 Å². The molecule has 0 aliphatic heterocycles. The molecule has 0 bridgehead atoms. The molecule has 0 aliphatic rings. The van der Waals surface area contributed by atoms with Gasteiger partial charge in [-0.3, -0.25) is 0 Å². The molecule has 1 aromatic heterocycles. The monoisotopic (exact) mass is 440 g/mol. The van der Waals surface area contributed by atoms with Gasteiger partial charge in [0.1, 0.15) is 0 Å². The summed E-state index contributed by atoms with van der Waals surface area (Å²) < 4.78 is 40.4. The van der Waals surface area contributed by atoms with Crippen molar-refractivity contribution in [3.05, 3.63) is 108 Å². The van der Waals surface area contributed by atoms with Crippen molar-refractivity contribution in [3.63, 3.8) is 0 Å². The number of nitrogens with zero attached hydrogens (tertiary/aromatic N) is 2. The van der Waals surface area contributed by atoms with Gasteiger partial charge in [0.25, 0.3) is 0 Å². The molecule has 1 heterocycles. The first-order valence-corrected chi connectivity index (χ1v) is 10.5. The van der Waals surface area contributed by atoms with E-state index in [1.807, 2.05) is 84.9 Å². The summed E-state index contributed by atoms with van der Waals surface area (Å²) in [5.74, 6) is 0. The lowest BCUT2D eigenvalue weighted by atomic mass is 9.98. The predicted molar refractivity (Wildman–Crippen MR) is 126 cm³/mol. The summed E-state index contributed by atoms with van der Waals surface area (Å²) in [6.45, 7) is 1.64. The van der Waals surface area contributed by atoms with E-state index in [0.717, 1.165) is 34.4 Å². The first kappa shape index (κ1) is 20.9. The van der Waals surface area contributed by atoms with Gasteiger partial charge in [-0.05, 0) is 41.8 Å². The Bertz CT molecular complexity index is 1440. The molecule has 0 saturated carbocycles. The molecule has 33 heavy (non-hydrogen) atoms. The smallest absolute Gasteiger partial charge is 0.244 e. The lowest BCUT2D eigenvalue weighted by molar-refractivity contribution is -0.137. The Kier molecular flexibility index (Phi) is 5.17. The molecule has 0 unspecified atom stereocenters. The molecule has 0 N–H and O–H groups in total. The Labute approximate surface area is 189 Å². The predicted octanol–water partition coefficient (Wildman–Crippen LogP) is 7.96. The van der Waals surface area contributed by atoms with Gasteiger partial charge in [0.15, 0.2) is 0 Å². The first-order valence-electron chi connectivity index (χ1n) is 10.5. The normalized spacial score (nSPS) is 11.6. The van der Waals surface area contributed by atoms with Crippen LogP contribution in [0.2, 0.25) is 0 Å². The molecular formula is C28H19F3N2. The number of halogens is 3. The van der Waals surface area contributed by atoms with Gasteiger partial charge in [-0.2, -0.15) is 13.2 Å². The van der Waals surface area contributed by atoms with Gasteiger partial charge >= 0.3 is 6.18 Å². The van der Waals surface area contributed by atoms with E-state index < -0.39 is 11.7 Å². The fraction of sp³-hybridized carbons (Fsp3) is 0.0714. The largest absolute Gasteiger partial charge is 0.416 e. The molecule has 0 radical (unpaired) electrons. The summed E-state index contributed by atoms with van der Waals surface area (Å²) in [7, 11) is 0. The second-order valence-corrected chi connectivity index (χ2v) is 7.89. The maximum Gasteiger partial charge on any atom is 0.416 e. The minimum atomic E-state index is -4.45. The number of aryl methyl sites for hydroxylation is 1. The van der Waals surface area contributed by atoms with Gasteiger partial charge in [-0.25, -0.2) is 9.97 Å². The zero-order valence-corrected chi connectivity index (χ0v) is 17.8. The Morgan fingerprint density at radius 3 is 1.82 bits per heavy atom. The zero-order chi connectivity index (χ0) is 23.0. The highest BCUT2D eigenvalue weighted by molar-refractivity contribution is 5.89. The van der Waals surface area contributed by atoms with Crippen molar-refractivity contribution in [2.24, 2.45) is 0 Å². The van der Waals surface area contributed by atoms with Gasteiger partial charge < -0.3 is 0 Å². The minimum absolute atomic E-state index is 0.224. The number of hydrogen-bond acceptors (Lipinski definition) is 2. The molecule has 0 saturated heterocycles. The number of rotatable bonds is 3. The molecule has 5 aromatic rings. The van der Waals surface area contributed by atoms with E-state index >= 15 is 0 Å². The van der Waals surface area contributed by atoms with Crippen molar-refractivity contribution in [1.29, 1.82) is 0 Å². The van der Waals surface area contributed by atoms with Gasteiger partial charge in [0.2, 0.25) is 0 Å². The van der Waals surface area contributed by atoms with Crippen LogP contribution in [0, 0.1) is 6.92 Å². The molecular weight excluding hydrogens is 421 g/mol. The lowest BCUT2D eigenvalue weighted by Gasteiger charge is -2.14. The summed E-state index contributed by atoms with van der Waals surface area (Å²) in [5, 5.41) is 0. The van der Waals surface area contributed by atoms with Crippen LogP contribution in [0.4, 0.5) is 13.2 Å². The molecule has 5 rings (SSSR count). The van der Waals surface area contributed by atoms with E-state index in [9.17, 15) is 13.2 Å². The molecule has 5 heteroatoms. The Balaban J connectivity index is 1.78. The highest BCUT2D eigenvalue weighted by Gasteiger charge is 2.31. The topological polar surface area (TPSA) is 25.8 Å². The van der Waals surface area contributed by atoms with Crippen LogP contribution in [0.3, 0.4) is 0 Å². The average molecular weight is 440 g/mol. The molecule has 0 fully saturated rings. The van der Waals surface area contributed by atoms with Crippen molar-refractivity contribution in [3.8, 4) is 33.6 Å². The van der Waals surface area contributed by atoms with Crippen molar-refractivity contribution in [1.82, 2.24) is 9.97 Å². The summed E-state index contributed by atoms with van der Waals surface area (Å²) in [6, 6.07) is 29.6. The third kappa shape index (κ3) is 4.10. The number of aromatic nitrogens is 2. The molecule has 0 amide bonds. The van der Waals surface area contributed by atoms with Crippen LogP contribution in [0.1, 0.15) is 11.1 Å². The molecule has 0 atom stereocenters. The number of hydrogen-bond donors (Lipinski definition) is 0. The summed E-state index contributed by atoms with van der Waals surface area (Å²) in [4.78, 5) is 9.55. The van der Waals surface area contributed by atoms with Crippen LogP contribution in [0.25, 0.3) is 44.7 Å². The minimum Gasteiger partial charge on any atom is -0.244 e. The maximum absolute atomic E-state index is 13.5. The fourth-order valence-electron chi connectivity index (χ4n) is 3.97. The van der Waals surface area contributed by atoms with Crippen LogP contribution in [-0.4, -0.2) is 9.97 Å². The van der Waals surface area contributed by atoms with Crippen LogP contribution < -0.4 is 0 Å². The first-order chi connectivity index (χ1) is 15.9. The highest BCUT2D eigenvalue weighted by atomic mass is 19.4. The number of fused-ring (bicyclic) bond motifs is 1. The molecule has 4 aromatic carbocycles. The van der Waals surface area contributed by atoms with E-state index in [4.69, 9.17) is 9.97 Å². The third-order valence-corrected chi connectivity index (χ3v) is 5.58. The Morgan fingerprint density at radius 1 is 0.576 bits per heavy atom. The molecule has 0 aliphatic carbocycles. The van der Waals surface area contributed by atoms with Crippen LogP contribution in [0.5, 0.6) is 0 Å². The average Bonchev–Trinajstić information content (AvgIpc) is 2.84. The third-order valence-electron chi connectivity index (χ3n) is 5.58. The summed E-state index contributed by atoms with van der Waals surface area (Å²) in [6.07, 6.45) is -4.45. The standard InChI is InChI=1S/C28H19F3N2/c1-18-15-23(28(29,30)31)17-24-25(18)33-26(20-11-6-3-7-12-20)27(32-24)22-14-8-13-21(16-22)19-9-4-2-5-10-19/h2-17H,1H3. The van der Waals surface area contributed by atoms with Crippen LogP contribution in [0.15, 0.2) is 97.1 Å². The van der Waals surface area contributed by atoms with Crippen LogP contribution >= 0.6 is 0 Å². The molecule has 0 spiro atoms. The van der Waals surface area contributed by atoms with Gasteiger partial charge in [0.05, 0.1) is 28.0 Å². The number of benzene rings is 4. The van der Waals surface area contributed by atoms with Crippen molar-refractivity contribution < 1.29 is 13.2 Å². The second kappa shape index (κ2) is 8.17. The van der Waals surface area contributed by atoms with Gasteiger partial charge in [-0.1, -0.05) is 78.9 Å².